The average Bonchev–Trinajstić information content (AvgIpc) is 2.57. The van der Waals surface area contributed by atoms with Crippen molar-refractivity contribution < 1.29 is 9.90 Å². The van der Waals surface area contributed by atoms with Crippen molar-refractivity contribution in [2.24, 2.45) is 0 Å². The molecule has 0 atom stereocenters. The van der Waals surface area contributed by atoms with Crippen molar-refractivity contribution in [3.63, 3.8) is 0 Å². The Morgan fingerprint density at radius 1 is 1.04 bits per heavy atom. The van der Waals surface area contributed by atoms with Gasteiger partial charge in [0.05, 0.1) is 17.6 Å². The second-order valence-corrected chi connectivity index (χ2v) is 6.23. The molecule has 24 heavy (non-hydrogen) atoms. The summed E-state index contributed by atoms with van der Waals surface area (Å²) in [6.45, 7) is 4.69. The molecule has 0 fully saturated rings. The largest absolute Gasteiger partial charge is 0.478 e. The van der Waals surface area contributed by atoms with Gasteiger partial charge in [-0.15, -0.1) is 0 Å². The van der Waals surface area contributed by atoms with Crippen molar-refractivity contribution in [1.29, 1.82) is 0 Å². The number of carbonyl (C=O) groups is 1. The van der Waals surface area contributed by atoms with Gasteiger partial charge < -0.3 is 9.67 Å². The number of hydrogen-bond donors (Lipinski definition) is 1. The zero-order valence-corrected chi connectivity index (χ0v) is 13.7. The summed E-state index contributed by atoms with van der Waals surface area (Å²) in [4.78, 5) is 23.2. The van der Waals surface area contributed by atoms with Crippen LogP contribution in [0.15, 0.2) is 59.4 Å². The number of fused-ring (bicyclic) bond motifs is 1. The van der Waals surface area contributed by atoms with Gasteiger partial charge in [0.15, 0.2) is 0 Å². The van der Waals surface area contributed by atoms with Crippen LogP contribution in [0.25, 0.3) is 10.9 Å². The van der Waals surface area contributed by atoms with E-state index in [2.05, 4.69) is 26.0 Å². The molecule has 4 heteroatoms. The third kappa shape index (κ3) is 3.08. The molecule has 0 radical (unpaired) electrons. The first kappa shape index (κ1) is 16.0. The molecule has 0 aliphatic heterocycles. The molecule has 2 aromatic carbocycles. The lowest BCUT2D eigenvalue weighted by Crippen LogP contribution is -2.20. The molecule has 0 aliphatic carbocycles. The molecule has 4 nitrogen and oxygen atoms in total. The topological polar surface area (TPSA) is 59.3 Å². The lowest BCUT2D eigenvalue weighted by Gasteiger charge is -2.13. The number of carboxylic acids is 1. The van der Waals surface area contributed by atoms with Crippen molar-refractivity contribution in [3.8, 4) is 0 Å². The molecular formula is C20H19NO3. The molecule has 0 aliphatic rings. The molecule has 3 rings (SSSR count). The fraction of sp³-hybridized carbons (Fsp3) is 0.200. The van der Waals surface area contributed by atoms with Crippen LogP contribution in [0.3, 0.4) is 0 Å². The first-order chi connectivity index (χ1) is 11.5. The summed E-state index contributed by atoms with van der Waals surface area (Å²) in [7, 11) is 0. The average molecular weight is 321 g/mol. The number of aromatic carboxylic acids is 1. The second kappa shape index (κ2) is 6.32. The van der Waals surface area contributed by atoms with E-state index in [4.69, 9.17) is 5.11 Å². The van der Waals surface area contributed by atoms with E-state index in [1.165, 1.54) is 5.56 Å². The molecule has 0 saturated carbocycles. The summed E-state index contributed by atoms with van der Waals surface area (Å²) in [6.07, 6.45) is 0. The highest BCUT2D eigenvalue weighted by atomic mass is 16.4. The van der Waals surface area contributed by atoms with Crippen molar-refractivity contribution >= 4 is 16.9 Å². The smallest absolute Gasteiger partial charge is 0.335 e. The Morgan fingerprint density at radius 2 is 1.75 bits per heavy atom. The second-order valence-electron chi connectivity index (χ2n) is 6.23. The summed E-state index contributed by atoms with van der Waals surface area (Å²) in [5, 5.41) is 10.00. The van der Waals surface area contributed by atoms with E-state index in [1.54, 1.807) is 34.9 Å². The van der Waals surface area contributed by atoms with Crippen LogP contribution in [0, 0.1) is 0 Å². The van der Waals surface area contributed by atoms with Gasteiger partial charge in [-0.1, -0.05) is 32.0 Å². The predicted octanol–water partition coefficient (Wildman–Crippen LogP) is 3.87. The van der Waals surface area contributed by atoms with Gasteiger partial charge in [-0.2, -0.15) is 0 Å². The molecule has 1 N–H and O–H groups in total. The van der Waals surface area contributed by atoms with Gasteiger partial charge in [-0.05, 0) is 52.8 Å². The van der Waals surface area contributed by atoms with E-state index in [0.29, 0.717) is 12.5 Å². The number of benzene rings is 2. The number of nitrogens with zero attached hydrogens (tertiary/aromatic N) is 1. The number of carboxylic acid groups (broad SMARTS) is 1. The van der Waals surface area contributed by atoms with Gasteiger partial charge in [-0.3, -0.25) is 4.79 Å². The van der Waals surface area contributed by atoms with Crippen LogP contribution >= 0.6 is 0 Å². The van der Waals surface area contributed by atoms with E-state index >= 15 is 0 Å². The summed E-state index contributed by atoms with van der Waals surface area (Å²) in [5.41, 5.74) is 3.18. The van der Waals surface area contributed by atoms with Crippen molar-refractivity contribution in [2.45, 2.75) is 26.3 Å². The first-order valence-corrected chi connectivity index (χ1v) is 7.91. The van der Waals surface area contributed by atoms with Gasteiger partial charge in [-0.25, -0.2) is 4.79 Å². The van der Waals surface area contributed by atoms with Gasteiger partial charge in [0.2, 0.25) is 0 Å². The standard InChI is InChI=1S/C20H19NO3/c1-13(2)16-7-9-18-17(11-16)8-10-19(22)21(18)12-14-3-5-15(6-4-14)20(23)24/h3-11,13H,12H2,1-2H3,(H,23,24). The summed E-state index contributed by atoms with van der Waals surface area (Å²) in [6, 6.07) is 16.2. The Hall–Kier alpha value is -2.88. The van der Waals surface area contributed by atoms with E-state index in [-0.39, 0.29) is 11.1 Å². The molecule has 1 aromatic heterocycles. The highest BCUT2D eigenvalue weighted by molar-refractivity contribution is 5.87. The molecular weight excluding hydrogens is 302 g/mol. The molecule has 1 heterocycles. The van der Waals surface area contributed by atoms with Crippen LogP contribution in [-0.2, 0) is 6.54 Å². The highest BCUT2D eigenvalue weighted by Gasteiger charge is 2.08. The maximum atomic E-state index is 12.3. The maximum Gasteiger partial charge on any atom is 0.335 e. The third-order valence-electron chi connectivity index (χ3n) is 4.22. The lowest BCUT2D eigenvalue weighted by molar-refractivity contribution is 0.0697. The molecule has 0 unspecified atom stereocenters. The molecule has 0 saturated heterocycles. The number of hydrogen-bond acceptors (Lipinski definition) is 2. The van der Waals surface area contributed by atoms with E-state index in [0.717, 1.165) is 16.5 Å². The number of rotatable bonds is 4. The Bertz CT molecular complexity index is 953. The van der Waals surface area contributed by atoms with Crippen molar-refractivity contribution in [1.82, 2.24) is 4.57 Å². The summed E-state index contributed by atoms with van der Waals surface area (Å²) in [5.74, 6) is -0.525. The Morgan fingerprint density at radius 3 is 2.38 bits per heavy atom. The van der Waals surface area contributed by atoms with Crippen LogP contribution in [0.1, 0.15) is 41.3 Å². The maximum absolute atomic E-state index is 12.3. The third-order valence-corrected chi connectivity index (χ3v) is 4.22. The molecule has 3 aromatic rings. The SMILES string of the molecule is CC(C)c1ccc2c(ccc(=O)n2Cc2ccc(C(=O)O)cc2)c1. The monoisotopic (exact) mass is 321 g/mol. The number of aromatic nitrogens is 1. The lowest BCUT2D eigenvalue weighted by atomic mass is 10.0. The van der Waals surface area contributed by atoms with Gasteiger partial charge in [0.1, 0.15) is 0 Å². The first-order valence-electron chi connectivity index (χ1n) is 7.91. The van der Waals surface area contributed by atoms with Crippen LogP contribution in [-0.4, -0.2) is 15.6 Å². The van der Waals surface area contributed by atoms with Crippen LogP contribution < -0.4 is 5.56 Å². The molecule has 0 spiro atoms. The summed E-state index contributed by atoms with van der Waals surface area (Å²) < 4.78 is 1.72. The van der Waals surface area contributed by atoms with E-state index < -0.39 is 5.97 Å². The van der Waals surface area contributed by atoms with Crippen LogP contribution in [0.5, 0.6) is 0 Å². The van der Waals surface area contributed by atoms with Gasteiger partial charge in [0.25, 0.3) is 5.56 Å². The quantitative estimate of drug-likeness (QED) is 0.793. The Labute approximate surface area is 140 Å². The van der Waals surface area contributed by atoms with Crippen LogP contribution in [0.2, 0.25) is 0 Å². The molecule has 0 amide bonds. The molecule has 122 valence electrons. The zero-order chi connectivity index (χ0) is 17.3. The van der Waals surface area contributed by atoms with Crippen molar-refractivity contribution in [2.75, 3.05) is 0 Å². The zero-order valence-electron chi connectivity index (χ0n) is 13.7. The minimum absolute atomic E-state index is 0.0675. The number of pyridine rings is 1. The molecule has 0 bridgehead atoms. The Balaban J connectivity index is 2.03. The highest BCUT2D eigenvalue weighted by Crippen LogP contribution is 2.21. The summed E-state index contributed by atoms with van der Waals surface area (Å²) >= 11 is 0. The van der Waals surface area contributed by atoms with Crippen molar-refractivity contribution in [3.05, 3.63) is 81.6 Å². The van der Waals surface area contributed by atoms with Crippen LogP contribution in [0.4, 0.5) is 0 Å². The predicted molar refractivity (Wildman–Crippen MR) is 94.8 cm³/mol. The fourth-order valence-corrected chi connectivity index (χ4v) is 2.78. The fourth-order valence-electron chi connectivity index (χ4n) is 2.78. The van der Waals surface area contributed by atoms with Gasteiger partial charge >= 0.3 is 5.97 Å². The van der Waals surface area contributed by atoms with E-state index in [1.807, 2.05) is 12.1 Å². The normalized spacial score (nSPS) is 11.1. The minimum Gasteiger partial charge on any atom is -0.478 e. The van der Waals surface area contributed by atoms with Gasteiger partial charge in [0, 0.05) is 6.07 Å². The Kier molecular flexibility index (Phi) is 4.21. The van der Waals surface area contributed by atoms with E-state index in [9.17, 15) is 9.59 Å². The minimum atomic E-state index is -0.954.